The first-order valence-electron chi connectivity index (χ1n) is 16.1. The molecule has 15 heteroatoms. The van der Waals surface area contributed by atoms with E-state index in [0.717, 1.165) is 28.5 Å². The summed E-state index contributed by atoms with van der Waals surface area (Å²) in [5, 5.41) is 0.315. The lowest BCUT2D eigenvalue weighted by atomic mass is 9.96. The molecule has 12 nitrogen and oxygen atoms in total. The third kappa shape index (κ3) is 10.1. The molecular weight excluding hydrogens is 718 g/mol. The second kappa shape index (κ2) is 16.3. The molecule has 5 rings (SSSR count). The summed E-state index contributed by atoms with van der Waals surface area (Å²) >= 11 is 6.75. The Kier molecular flexibility index (Phi) is 12.1. The summed E-state index contributed by atoms with van der Waals surface area (Å²) in [6.45, 7) is 5.15. The lowest BCUT2D eigenvalue weighted by Gasteiger charge is -2.21. The maximum atomic E-state index is 12.4. The smallest absolute Gasteiger partial charge is 0.236 e. The number of fused-ring (bicyclic) bond motifs is 1. The standard InChI is InChI=1S/C36H40ClN3O9S2/c1-5-36(41)39-51(44,45)14-11-40(3)21-28-16-31(37)34(18-33(28)48-22-25-15-29(20-38-19-25)50(4,42)43)49-23-27-7-6-8-30(24(27)2)26-9-10-32-35(17-26)47-13-12-46-32/h6-10,15-20H,5,11-14,21-23H2,1-4H3,(H,39,41). The van der Waals surface area contributed by atoms with E-state index in [9.17, 15) is 21.6 Å². The predicted octanol–water partition coefficient (Wildman–Crippen LogP) is 5.33. The number of nitrogens with one attached hydrogen (secondary N) is 1. The van der Waals surface area contributed by atoms with E-state index in [0.29, 0.717) is 52.4 Å². The molecule has 0 unspecified atom stereocenters. The molecule has 0 aliphatic carbocycles. The van der Waals surface area contributed by atoms with Crippen LogP contribution in [-0.2, 0) is 44.4 Å². The average Bonchev–Trinajstić information content (AvgIpc) is 3.10. The van der Waals surface area contributed by atoms with Crippen LogP contribution in [0, 0.1) is 6.92 Å². The van der Waals surface area contributed by atoms with Gasteiger partial charge >= 0.3 is 0 Å². The van der Waals surface area contributed by atoms with Crippen LogP contribution in [0.25, 0.3) is 11.1 Å². The quantitative estimate of drug-likeness (QED) is 0.168. The first-order valence-corrected chi connectivity index (χ1v) is 20.1. The fraction of sp³-hybridized carbons (Fsp3) is 0.333. The lowest BCUT2D eigenvalue weighted by Crippen LogP contribution is -2.36. The summed E-state index contributed by atoms with van der Waals surface area (Å²) in [7, 11) is -5.57. The van der Waals surface area contributed by atoms with Crippen molar-refractivity contribution in [1.29, 1.82) is 0 Å². The number of halogens is 1. The largest absolute Gasteiger partial charge is 0.488 e. The molecule has 1 aliphatic heterocycles. The number of pyridine rings is 1. The van der Waals surface area contributed by atoms with E-state index in [4.69, 9.17) is 30.5 Å². The first-order chi connectivity index (χ1) is 24.2. The molecule has 1 aromatic heterocycles. The third-order valence-electron chi connectivity index (χ3n) is 8.16. The Morgan fingerprint density at radius 1 is 0.941 bits per heavy atom. The number of nitrogens with zero attached hydrogens (tertiary/aromatic N) is 2. The highest BCUT2D eigenvalue weighted by atomic mass is 35.5. The minimum absolute atomic E-state index is 0.0116. The highest BCUT2D eigenvalue weighted by molar-refractivity contribution is 7.90. The van der Waals surface area contributed by atoms with Crippen LogP contribution in [-0.4, -0.2) is 71.4 Å². The Balaban J connectivity index is 1.37. The van der Waals surface area contributed by atoms with Crippen molar-refractivity contribution >= 4 is 37.4 Å². The Hall–Kier alpha value is -4.37. The zero-order chi connectivity index (χ0) is 36.8. The van der Waals surface area contributed by atoms with Gasteiger partial charge in [-0.25, -0.2) is 16.8 Å². The number of carbonyl (C=O) groups excluding carboxylic acids is 1. The van der Waals surface area contributed by atoms with Crippen LogP contribution in [0.1, 0.15) is 35.6 Å². The summed E-state index contributed by atoms with van der Waals surface area (Å²) in [4.78, 5) is 17.5. The van der Waals surface area contributed by atoms with Crippen molar-refractivity contribution in [3.05, 3.63) is 94.3 Å². The number of carbonyl (C=O) groups is 1. The first kappa shape index (κ1) is 37.9. The molecule has 3 aromatic carbocycles. The number of amides is 1. The van der Waals surface area contributed by atoms with Gasteiger partial charge in [0.2, 0.25) is 15.9 Å². The van der Waals surface area contributed by atoms with E-state index in [2.05, 4.69) is 4.98 Å². The van der Waals surface area contributed by atoms with Gasteiger partial charge in [-0.15, -0.1) is 0 Å². The minimum atomic E-state index is -3.82. The minimum Gasteiger partial charge on any atom is -0.488 e. The monoisotopic (exact) mass is 757 g/mol. The van der Waals surface area contributed by atoms with E-state index >= 15 is 0 Å². The number of aromatic nitrogens is 1. The molecule has 0 fully saturated rings. The number of hydrogen-bond acceptors (Lipinski definition) is 11. The van der Waals surface area contributed by atoms with E-state index in [1.54, 1.807) is 31.0 Å². The number of sulfonamides is 1. The van der Waals surface area contributed by atoms with Crippen molar-refractivity contribution in [2.24, 2.45) is 0 Å². The fourth-order valence-corrected chi connectivity index (χ4v) is 7.32. The molecule has 1 aliphatic rings. The number of benzene rings is 3. The summed E-state index contributed by atoms with van der Waals surface area (Å²) in [5.74, 6) is 1.30. The van der Waals surface area contributed by atoms with Gasteiger partial charge in [0.15, 0.2) is 21.3 Å². The molecule has 0 bridgehead atoms. The SMILES string of the molecule is CCC(=O)NS(=O)(=O)CCN(C)Cc1cc(Cl)c(OCc2cccc(-c3ccc4c(c3)OCCO4)c2C)cc1OCc1cncc(S(C)(=O)=O)c1. The van der Waals surface area contributed by atoms with Crippen molar-refractivity contribution in [2.45, 2.75) is 44.9 Å². The Morgan fingerprint density at radius 3 is 2.43 bits per heavy atom. The molecule has 1 N–H and O–H groups in total. The van der Waals surface area contributed by atoms with Gasteiger partial charge in [-0.3, -0.25) is 14.5 Å². The zero-order valence-corrected chi connectivity index (χ0v) is 31.2. The van der Waals surface area contributed by atoms with Crippen molar-refractivity contribution in [3.8, 4) is 34.1 Å². The van der Waals surface area contributed by atoms with Gasteiger partial charge in [0.05, 0.1) is 15.7 Å². The van der Waals surface area contributed by atoms with Crippen LogP contribution < -0.4 is 23.7 Å². The van der Waals surface area contributed by atoms with Gasteiger partial charge in [-0.2, -0.15) is 0 Å². The Labute approximate surface area is 303 Å². The predicted molar refractivity (Wildman–Crippen MR) is 194 cm³/mol. The van der Waals surface area contributed by atoms with Crippen LogP contribution >= 0.6 is 11.6 Å². The van der Waals surface area contributed by atoms with Crippen molar-refractivity contribution < 1.29 is 40.6 Å². The normalized spacial score (nSPS) is 12.8. The molecule has 4 aromatic rings. The lowest BCUT2D eigenvalue weighted by molar-refractivity contribution is -0.119. The number of hydrogen-bond donors (Lipinski definition) is 1. The molecule has 2 heterocycles. The topological polar surface area (TPSA) is 150 Å². The fourth-order valence-electron chi connectivity index (χ4n) is 5.31. The Bertz CT molecular complexity index is 2130. The van der Waals surface area contributed by atoms with Gasteiger partial charge in [-0.1, -0.05) is 42.8 Å². The van der Waals surface area contributed by atoms with Crippen LogP contribution in [0.2, 0.25) is 5.02 Å². The zero-order valence-electron chi connectivity index (χ0n) is 28.8. The van der Waals surface area contributed by atoms with Crippen molar-refractivity contribution in [1.82, 2.24) is 14.6 Å². The molecule has 0 saturated carbocycles. The number of sulfone groups is 1. The van der Waals surface area contributed by atoms with Gasteiger partial charge in [0.1, 0.15) is 37.9 Å². The summed E-state index contributed by atoms with van der Waals surface area (Å²) < 4.78 is 74.9. The van der Waals surface area contributed by atoms with Crippen LogP contribution in [0.4, 0.5) is 0 Å². The van der Waals surface area contributed by atoms with Crippen molar-refractivity contribution in [3.63, 3.8) is 0 Å². The maximum Gasteiger partial charge on any atom is 0.236 e. The average molecular weight is 758 g/mol. The molecule has 0 saturated heterocycles. The van der Waals surface area contributed by atoms with Gasteiger partial charge in [-0.05, 0) is 60.5 Å². The molecule has 0 spiro atoms. The van der Waals surface area contributed by atoms with Crippen LogP contribution in [0.15, 0.2) is 71.9 Å². The molecular formula is C36H40ClN3O9S2. The van der Waals surface area contributed by atoms with Crippen LogP contribution in [0.3, 0.4) is 0 Å². The molecule has 0 radical (unpaired) electrons. The molecule has 0 atom stereocenters. The van der Waals surface area contributed by atoms with E-state index in [1.807, 2.05) is 48.0 Å². The molecule has 1 amide bonds. The maximum absolute atomic E-state index is 12.4. The number of ether oxygens (including phenoxy) is 4. The Morgan fingerprint density at radius 2 is 1.69 bits per heavy atom. The summed E-state index contributed by atoms with van der Waals surface area (Å²) in [6, 6.07) is 16.7. The summed E-state index contributed by atoms with van der Waals surface area (Å²) in [6.07, 6.45) is 3.94. The molecule has 272 valence electrons. The van der Waals surface area contributed by atoms with E-state index < -0.39 is 25.8 Å². The van der Waals surface area contributed by atoms with Crippen LogP contribution in [0.5, 0.6) is 23.0 Å². The molecule has 51 heavy (non-hydrogen) atoms. The van der Waals surface area contributed by atoms with Crippen molar-refractivity contribution in [2.75, 3.05) is 38.8 Å². The van der Waals surface area contributed by atoms with E-state index in [-0.39, 0.29) is 43.4 Å². The van der Waals surface area contributed by atoms with Gasteiger partial charge < -0.3 is 23.8 Å². The van der Waals surface area contributed by atoms with Gasteiger partial charge in [0, 0.05) is 55.4 Å². The highest BCUT2D eigenvalue weighted by Crippen LogP contribution is 2.38. The van der Waals surface area contributed by atoms with Gasteiger partial charge in [0.25, 0.3) is 0 Å². The number of rotatable bonds is 15. The van der Waals surface area contributed by atoms with E-state index in [1.165, 1.54) is 18.5 Å². The summed E-state index contributed by atoms with van der Waals surface area (Å²) in [5.41, 5.74) is 5.11. The second-order valence-corrected chi connectivity index (χ2v) is 16.4. The highest BCUT2D eigenvalue weighted by Gasteiger charge is 2.19. The second-order valence-electron chi connectivity index (χ2n) is 12.2. The third-order valence-corrected chi connectivity index (χ3v) is 10.8.